The Balaban J connectivity index is 2.59. The number of aliphatic hydroxyl groups is 1. The van der Waals surface area contributed by atoms with E-state index in [4.69, 9.17) is 27.8 Å². The molecule has 0 radical (unpaired) electrons. The first-order valence-electron chi connectivity index (χ1n) is 4.23. The van der Waals surface area contributed by atoms with E-state index < -0.39 is 0 Å². The third-order valence-electron chi connectivity index (χ3n) is 1.57. The highest BCUT2D eigenvalue weighted by Gasteiger charge is 1.99. The number of hydrogen-bond donors (Lipinski definition) is 2. The smallest absolute Gasteiger partial charge is 0.213 e. The van der Waals surface area contributed by atoms with Crippen molar-refractivity contribution in [1.29, 1.82) is 0 Å². The molecule has 14 heavy (non-hydrogen) atoms. The minimum atomic E-state index is 0.106. The van der Waals surface area contributed by atoms with Crippen LogP contribution in [0.15, 0.2) is 18.3 Å². The zero-order chi connectivity index (χ0) is 10.4. The van der Waals surface area contributed by atoms with Gasteiger partial charge in [-0.2, -0.15) is 0 Å². The maximum Gasteiger partial charge on any atom is 0.213 e. The van der Waals surface area contributed by atoms with E-state index in [0.29, 0.717) is 23.9 Å². The van der Waals surface area contributed by atoms with Crippen LogP contribution < -0.4 is 10.5 Å². The van der Waals surface area contributed by atoms with Crippen LogP contribution in [0.5, 0.6) is 5.88 Å². The molecule has 0 fully saturated rings. The standard InChI is InChI=1S/C9H12N2O2S/c10-9(14)7-2-3-11-8(6-7)13-5-1-4-12/h2-3,6,12H,1,4-5H2,(H2,10,14). The van der Waals surface area contributed by atoms with E-state index >= 15 is 0 Å². The highest BCUT2D eigenvalue weighted by Crippen LogP contribution is 2.09. The number of nitrogens with two attached hydrogens (primary N) is 1. The van der Waals surface area contributed by atoms with E-state index in [0.717, 1.165) is 5.56 Å². The molecular weight excluding hydrogens is 200 g/mol. The number of ether oxygens (including phenoxy) is 1. The van der Waals surface area contributed by atoms with Crippen LogP contribution in [0.25, 0.3) is 0 Å². The number of thiocarbonyl (C=S) groups is 1. The van der Waals surface area contributed by atoms with E-state index in [1.807, 2.05) is 0 Å². The monoisotopic (exact) mass is 212 g/mol. The minimum absolute atomic E-state index is 0.106. The third kappa shape index (κ3) is 3.27. The highest BCUT2D eigenvalue weighted by atomic mass is 32.1. The van der Waals surface area contributed by atoms with E-state index in [2.05, 4.69) is 4.98 Å². The molecule has 0 amide bonds. The summed E-state index contributed by atoms with van der Waals surface area (Å²) in [4.78, 5) is 4.29. The van der Waals surface area contributed by atoms with Crippen molar-refractivity contribution in [2.75, 3.05) is 13.2 Å². The van der Waals surface area contributed by atoms with Gasteiger partial charge in [0.05, 0.1) is 6.61 Å². The van der Waals surface area contributed by atoms with Gasteiger partial charge in [-0.05, 0) is 6.07 Å². The molecule has 4 nitrogen and oxygen atoms in total. The lowest BCUT2D eigenvalue weighted by Gasteiger charge is -2.04. The summed E-state index contributed by atoms with van der Waals surface area (Å²) < 4.78 is 5.25. The van der Waals surface area contributed by atoms with Gasteiger partial charge < -0.3 is 15.6 Å². The molecular formula is C9H12N2O2S. The summed E-state index contributed by atoms with van der Waals surface area (Å²) in [5.41, 5.74) is 6.18. The van der Waals surface area contributed by atoms with Crippen molar-refractivity contribution in [3.05, 3.63) is 23.9 Å². The molecule has 1 heterocycles. The molecule has 0 atom stereocenters. The van der Waals surface area contributed by atoms with Crippen molar-refractivity contribution in [2.45, 2.75) is 6.42 Å². The summed E-state index contributed by atoms with van der Waals surface area (Å²) in [5, 5.41) is 8.55. The number of pyridine rings is 1. The SMILES string of the molecule is NC(=S)c1ccnc(OCCCO)c1. The molecule has 0 saturated heterocycles. The van der Waals surface area contributed by atoms with Crippen LogP contribution in [0, 0.1) is 0 Å². The average Bonchev–Trinajstić information content (AvgIpc) is 2.19. The molecule has 1 aromatic heterocycles. The Labute approximate surface area is 87.7 Å². The highest BCUT2D eigenvalue weighted by molar-refractivity contribution is 7.80. The van der Waals surface area contributed by atoms with Crippen LogP contribution in [-0.4, -0.2) is 28.3 Å². The number of aliphatic hydroxyl groups excluding tert-OH is 1. The molecule has 0 aliphatic heterocycles. The second-order valence-corrected chi connectivity index (χ2v) is 3.11. The molecule has 0 bridgehead atoms. The normalized spacial score (nSPS) is 9.79. The fraction of sp³-hybridized carbons (Fsp3) is 0.333. The van der Waals surface area contributed by atoms with Gasteiger partial charge in [-0.3, -0.25) is 0 Å². The Morgan fingerprint density at radius 2 is 2.43 bits per heavy atom. The second-order valence-electron chi connectivity index (χ2n) is 2.67. The fourth-order valence-corrected chi connectivity index (χ4v) is 1.01. The van der Waals surface area contributed by atoms with Gasteiger partial charge in [0.1, 0.15) is 4.99 Å². The van der Waals surface area contributed by atoms with Crippen LogP contribution in [0.2, 0.25) is 0 Å². The third-order valence-corrected chi connectivity index (χ3v) is 1.81. The predicted molar refractivity (Wildman–Crippen MR) is 57.3 cm³/mol. The molecule has 76 valence electrons. The van der Waals surface area contributed by atoms with Gasteiger partial charge in [0.2, 0.25) is 5.88 Å². The summed E-state index contributed by atoms with van der Waals surface area (Å²) in [6, 6.07) is 3.40. The maximum absolute atomic E-state index is 8.55. The lowest BCUT2D eigenvalue weighted by Crippen LogP contribution is -2.10. The first-order valence-corrected chi connectivity index (χ1v) is 4.64. The van der Waals surface area contributed by atoms with Gasteiger partial charge in [0, 0.05) is 30.9 Å². The maximum atomic E-state index is 8.55. The van der Waals surface area contributed by atoms with Crippen molar-refractivity contribution >= 4 is 17.2 Å². The first-order chi connectivity index (χ1) is 6.74. The lowest BCUT2D eigenvalue weighted by atomic mass is 10.3. The van der Waals surface area contributed by atoms with Crippen molar-refractivity contribution < 1.29 is 9.84 Å². The quantitative estimate of drug-likeness (QED) is 0.549. The topological polar surface area (TPSA) is 68.4 Å². The zero-order valence-corrected chi connectivity index (χ0v) is 8.46. The Morgan fingerprint density at radius 1 is 1.64 bits per heavy atom. The molecule has 1 rings (SSSR count). The van der Waals surface area contributed by atoms with Gasteiger partial charge >= 0.3 is 0 Å². The van der Waals surface area contributed by atoms with Crippen molar-refractivity contribution in [3.8, 4) is 5.88 Å². The van der Waals surface area contributed by atoms with Crippen molar-refractivity contribution in [1.82, 2.24) is 4.98 Å². The van der Waals surface area contributed by atoms with Crippen LogP contribution in [0.3, 0.4) is 0 Å². The predicted octanol–water partition coefficient (Wildman–Crippen LogP) is 0.477. The average molecular weight is 212 g/mol. The van der Waals surface area contributed by atoms with E-state index in [1.165, 1.54) is 0 Å². The molecule has 0 aromatic carbocycles. The summed E-state index contributed by atoms with van der Waals surface area (Å²) in [6.07, 6.45) is 2.17. The van der Waals surface area contributed by atoms with E-state index in [-0.39, 0.29) is 6.61 Å². The summed E-state index contributed by atoms with van der Waals surface area (Å²) in [5.74, 6) is 0.476. The Hall–Kier alpha value is -1.20. The molecule has 3 N–H and O–H groups in total. The number of rotatable bonds is 5. The molecule has 0 unspecified atom stereocenters. The summed E-state index contributed by atoms with van der Waals surface area (Å²) >= 11 is 4.81. The summed E-state index contributed by atoms with van der Waals surface area (Å²) in [6.45, 7) is 0.541. The molecule has 0 saturated carbocycles. The largest absolute Gasteiger partial charge is 0.478 e. The zero-order valence-electron chi connectivity index (χ0n) is 7.64. The Morgan fingerprint density at radius 3 is 3.07 bits per heavy atom. The number of hydrogen-bond acceptors (Lipinski definition) is 4. The van der Waals surface area contributed by atoms with Gasteiger partial charge in [-0.25, -0.2) is 4.98 Å². The molecule has 0 aliphatic rings. The number of aromatic nitrogens is 1. The molecule has 5 heteroatoms. The molecule has 1 aromatic rings. The van der Waals surface area contributed by atoms with Crippen LogP contribution in [-0.2, 0) is 0 Å². The molecule has 0 aliphatic carbocycles. The summed E-state index contributed by atoms with van der Waals surface area (Å²) in [7, 11) is 0. The van der Waals surface area contributed by atoms with Gasteiger partial charge in [0.25, 0.3) is 0 Å². The fourth-order valence-electron chi connectivity index (χ4n) is 0.883. The minimum Gasteiger partial charge on any atom is -0.478 e. The number of nitrogens with zero attached hydrogens (tertiary/aromatic N) is 1. The van der Waals surface area contributed by atoms with Gasteiger partial charge in [0.15, 0.2) is 0 Å². The molecule has 0 spiro atoms. The first kappa shape index (κ1) is 10.9. The van der Waals surface area contributed by atoms with Crippen LogP contribution in [0.1, 0.15) is 12.0 Å². The lowest BCUT2D eigenvalue weighted by molar-refractivity contribution is 0.229. The Kier molecular flexibility index (Phi) is 4.28. The second kappa shape index (κ2) is 5.51. The Bertz CT molecular complexity index is 317. The van der Waals surface area contributed by atoms with Crippen LogP contribution in [0.4, 0.5) is 0 Å². The van der Waals surface area contributed by atoms with Crippen molar-refractivity contribution in [3.63, 3.8) is 0 Å². The van der Waals surface area contributed by atoms with Gasteiger partial charge in [-0.15, -0.1) is 0 Å². The van der Waals surface area contributed by atoms with Crippen LogP contribution >= 0.6 is 12.2 Å². The van der Waals surface area contributed by atoms with E-state index in [1.54, 1.807) is 18.3 Å². The van der Waals surface area contributed by atoms with Gasteiger partial charge in [-0.1, -0.05) is 12.2 Å². The van der Waals surface area contributed by atoms with E-state index in [9.17, 15) is 0 Å². The van der Waals surface area contributed by atoms with Crippen molar-refractivity contribution in [2.24, 2.45) is 5.73 Å².